The molecular formula is C37H36ClN3O3. The Kier molecular flexibility index (Phi) is 7.98. The van der Waals surface area contributed by atoms with E-state index in [0.29, 0.717) is 28.4 Å². The summed E-state index contributed by atoms with van der Waals surface area (Å²) in [4.78, 5) is 31.5. The van der Waals surface area contributed by atoms with Gasteiger partial charge >= 0.3 is 0 Å². The summed E-state index contributed by atoms with van der Waals surface area (Å²) >= 11 is 6.52. The molecule has 0 aliphatic carbocycles. The molecule has 6 nitrogen and oxygen atoms in total. The average molecular weight is 606 g/mol. The minimum Gasteiger partial charge on any atom is -0.492 e. The van der Waals surface area contributed by atoms with Gasteiger partial charge in [0.15, 0.2) is 5.78 Å². The Balaban J connectivity index is 1.27. The summed E-state index contributed by atoms with van der Waals surface area (Å²) in [6.45, 7) is 3.76. The standard InChI is InChI=1S/C37H36ClN3O3/c38-28-16-19-31-30(24-28)37(36(43)39-31)33(32(25-10-4-1-5-11-25)34(40-37)26-12-6-2-7-13-26)35(42)27-14-17-29(18-15-27)44-23-22-41-20-8-3-9-21-41/h1-2,4-7,10-19,24,32-34,40H,3,8-9,20-23H2,(H,39,43)/t32-,33?,34+,37?/m0/s1. The van der Waals surface area contributed by atoms with Gasteiger partial charge in [-0.25, -0.2) is 0 Å². The van der Waals surface area contributed by atoms with Crippen molar-refractivity contribution in [3.8, 4) is 5.75 Å². The molecule has 2 fully saturated rings. The number of halogens is 1. The van der Waals surface area contributed by atoms with Crippen LogP contribution in [0.3, 0.4) is 0 Å². The van der Waals surface area contributed by atoms with E-state index in [9.17, 15) is 9.59 Å². The number of carbonyl (C=O) groups excluding carboxylic acids is 2. The van der Waals surface area contributed by atoms with Crippen molar-refractivity contribution in [2.45, 2.75) is 36.8 Å². The first-order chi connectivity index (χ1) is 21.5. The molecule has 1 spiro atoms. The molecule has 4 aromatic rings. The van der Waals surface area contributed by atoms with E-state index >= 15 is 0 Å². The van der Waals surface area contributed by atoms with Gasteiger partial charge < -0.3 is 10.1 Å². The zero-order valence-corrected chi connectivity index (χ0v) is 25.3. The molecule has 0 radical (unpaired) electrons. The Morgan fingerprint density at radius 3 is 2.25 bits per heavy atom. The van der Waals surface area contributed by atoms with Crippen molar-refractivity contribution in [2.24, 2.45) is 5.92 Å². The van der Waals surface area contributed by atoms with Crippen molar-refractivity contribution >= 4 is 29.0 Å². The highest BCUT2D eigenvalue weighted by Crippen LogP contribution is 2.57. The van der Waals surface area contributed by atoms with E-state index in [-0.39, 0.29) is 23.7 Å². The fourth-order valence-corrected chi connectivity index (χ4v) is 7.55. The molecule has 3 aliphatic rings. The minimum atomic E-state index is -1.32. The molecule has 0 aromatic heterocycles. The fourth-order valence-electron chi connectivity index (χ4n) is 7.38. The molecule has 0 saturated carbocycles. The van der Waals surface area contributed by atoms with Crippen LogP contribution in [0.4, 0.5) is 5.69 Å². The fraction of sp³-hybridized carbons (Fsp3) is 0.297. The Hall–Kier alpha value is -3.97. The molecule has 2 saturated heterocycles. The normalized spacial score (nSPS) is 24.7. The van der Waals surface area contributed by atoms with Crippen LogP contribution in [-0.2, 0) is 10.3 Å². The van der Waals surface area contributed by atoms with E-state index in [4.69, 9.17) is 16.3 Å². The van der Waals surface area contributed by atoms with E-state index < -0.39 is 11.5 Å². The minimum absolute atomic E-state index is 0.104. The van der Waals surface area contributed by atoms with E-state index in [1.807, 2.05) is 84.9 Å². The third-order valence-corrected chi connectivity index (χ3v) is 9.71. The van der Waals surface area contributed by atoms with E-state index in [2.05, 4.69) is 27.7 Å². The number of nitrogens with zero attached hydrogens (tertiary/aromatic N) is 1. The first-order valence-electron chi connectivity index (χ1n) is 15.5. The van der Waals surface area contributed by atoms with Gasteiger partial charge in [0.1, 0.15) is 17.9 Å². The third-order valence-electron chi connectivity index (χ3n) is 9.47. The molecule has 0 bridgehead atoms. The number of benzene rings is 4. The first-order valence-corrected chi connectivity index (χ1v) is 15.9. The SMILES string of the molecule is O=C(c1ccc(OCCN2CCCCC2)cc1)C1[C@H](c2ccccc2)[C@@H](c2ccccc2)NC12C(=O)Nc1ccc(Cl)cc12. The number of amides is 1. The summed E-state index contributed by atoms with van der Waals surface area (Å²) in [5.74, 6) is -0.698. The third kappa shape index (κ3) is 5.21. The first kappa shape index (κ1) is 28.8. The molecule has 44 heavy (non-hydrogen) atoms. The number of carbonyl (C=O) groups is 2. The summed E-state index contributed by atoms with van der Waals surface area (Å²) in [6, 6.07) is 32.6. The van der Waals surface area contributed by atoms with Crippen molar-refractivity contribution in [3.05, 3.63) is 130 Å². The average Bonchev–Trinajstić information content (AvgIpc) is 3.57. The Bertz CT molecular complexity index is 1640. The predicted molar refractivity (Wildman–Crippen MR) is 173 cm³/mol. The lowest BCUT2D eigenvalue weighted by Gasteiger charge is -2.31. The van der Waals surface area contributed by atoms with Crippen molar-refractivity contribution < 1.29 is 14.3 Å². The molecule has 2 unspecified atom stereocenters. The lowest BCUT2D eigenvalue weighted by atomic mass is 9.69. The zero-order chi connectivity index (χ0) is 30.1. The van der Waals surface area contributed by atoms with Crippen LogP contribution in [0.25, 0.3) is 0 Å². The van der Waals surface area contributed by atoms with Gasteiger partial charge in [0.25, 0.3) is 0 Å². The number of likely N-dealkylation sites (tertiary alicyclic amines) is 1. The number of Topliss-reactive ketones (excluding diaryl/α,β-unsaturated/α-hetero) is 1. The van der Waals surface area contributed by atoms with Gasteiger partial charge in [0.2, 0.25) is 5.91 Å². The molecule has 7 rings (SSSR count). The molecule has 4 aromatic carbocycles. The number of hydrogen-bond acceptors (Lipinski definition) is 5. The second-order valence-electron chi connectivity index (χ2n) is 12.0. The Labute approximate surface area is 263 Å². The Morgan fingerprint density at radius 1 is 0.864 bits per heavy atom. The quantitative estimate of drug-likeness (QED) is 0.212. The van der Waals surface area contributed by atoms with Crippen LogP contribution in [0.2, 0.25) is 5.02 Å². The molecule has 2 N–H and O–H groups in total. The van der Waals surface area contributed by atoms with Gasteiger partial charge in [-0.3, -0.25) is 19.8 Å². The Morgan fingerprint density at radius 2 is 1.55 bits per heavy atom. The summed E-state index contributed by atoms with van der Waals surface area (Å²) in [5, 5.41) is 7.29. The largest absolute Gasteiger partial charge is 0.492 e. The monoisotopic (exact) mass is 605 g/mol. The van der Waals surface area contributed by atoms with Gasteiger partial charge in [-0.2, -0.15) is 0 Å². The summed E-state index contributed by atoms with van der Waals surface area (Å²) in [7, 11) is 0. The number of anilines is 1. The predicted octanol–water partition coefficient (Wildman–Crippen LogP) is 6.98. The maximum absolute atomic E-state index is 14.8. The van der Waals surface area contributed by atoms with Crippen molar-refractivity contribution in [3.63, 3.8) is 0 Å². The number of nitrogens with one attached hydrogen (secondary N) is 2. The number of ether oxygens (including phenoxy) is 1. The van der Waals surface area contributed by atoms with E-state index in [1.54, 1.807) is 6.07 Å². The van der Waals surface area contributed by atoms with Crippen LogP contribution in [0.15, 0.2) is 103 Å². The van der Waals surface area contributed by atoms with Crippen molar-refractivity contribution in [2.75, 3.05) is 31.6 Å². The number of piperidine rings is 1. The second-order valence-corrected chi connectivity index (χ2v) is 12.5. The topological polar surface area (TPSA) is 70.7 Å². The van der Waals surface area contributed by atoms with Crippen LogP contribution in [0, 0.1) is 5.92 Å². The van der Waals surface area contributed by atoms with E-state index in [0.717, 1.165) is 36.5 Å². The highest BCUT2D eigenvalue weighted by atomic mass is 35.5. The molecule has 7 heteroatoms. The number of fused-ring (bicyclic) bond motifs is 2. The summed E-state index contributed by atoms with van der Waals surface area (Å²) < 4.78 is 6.06. The molecule has 4 atom stereocenters. The maximum Gasteiger partial charge on any atom is 0.250 e. The van der Waals surface area contributed by atoms with Crippen molar-refractivity contribution in [1.29, 1.82) is 0 Å². The number of rotatable bonds is 8. The van der Waals surface area contributed by atoms with Gasteiger partial charge in [-0.05, 0) is 79.5 Å². The smallest absolute Gasteiger partial charge is 0.250 e. The summed E-state index contributed by atoms with van der Waals surface area (Å²) in [5.41, 5.74) is 2.59. The molecule has 3 heterocycles. The van der Waals surface area contributed by atoms with Crippen LogP contribution in [-0.4, -0.2) is 42.8 Å². The van der Waals surface area contributed by atoms with Gasteiger partial charge in [0.05, 0.1) is 5.92 Å². The van der Waals surface area contributed by atoms with Gasteiger partial charge in [-0.15, -0.1) is 0 Å². The summed E-state index contributed by atoms with van der Waals surface area (Å²) in [6.07, 6.45) is 3.80. The highest BCUT2D eigenvalue weighted by molar-refractivity contribution is 6.31. The molecular weight excluding hydrogens is 570 g/mol. The highest BCUT2D eigenvalue weighted by Gasteiger charge is 2.64. The molecule has 1 amide bonds. The van der Waals surface area contributed by atoms with Gasteiger partial charge in [-0.1, -0.05) is 78.7 Å². The van der Waals surface area contributed by atoms with E-state index in [1.165, 1.54) is 19.3 Å². The number of ketones is 1. The van der Waals surface area contributed by atoms with Crippen LogP contribution >= 0.6 is 11.6 Å². The van der Waals surface area contributed by atoms with Crippen LogP contribution < -0.4 is 15.4 Å². The molecule has 224 valence electrons. The lowest BCUT2D eigenvalue weighted by Crippen LogP contribution is -2.50. The van der Waals surface area contributed by atoms with Crippen LogP contribution in [0.5, 0.6) is 5.75 Å². The lowest BCUT2D eigenvalue weighted by molar-refractivity contribution is -0.122. The zero-order valence-electron chi connectivity index (χ0n) is 24.5. The number of hydrogen-bond donors (Lipinski definition) is 2. The maximum atomic E-state index is 14.8. The van der Waals surface area contributed by atoms with Crippen LogP contribution in [0.1, 0.15) is 58.3 Å². The molecule has 3 aliphatic heterocycles. The second kappa shape index (κ2) is 12.2. The van der Waals surface area contributed by atoms with Gasteiger partial charge in [0, 0.05) is 40.3 Å². The van der Waals surface area contributed by atoms with Crippen molar-refractivity contribution in [1.82, 2.24) is 10.2 Å².